The number of para-hydroxylation sites is 1. The number of benzene rings is 1. The van der Waals surface area contributed by atoms with Crippen LogP contribution in [0.1, 0.15) is 20.3 Å². The molecule has 1 N–H and O–H groups in total. The van der Waals surface area contributed by atoms with E-state index in [4.69, 9.17) is 9.47 Å². The zero-order chi connectivity index (χ0) is 29.4. The molecule has 0 saturated carbocycles. The van der Waals surface area contributed by atoms with Gasteiger partial charge in [-0.05, 0) is 18.1 Å². The number of morpholine rings is 1. The first-order valence-corrected chi connectivity index (χ1v) is 15.3. The van der Waals surface area contributed by atoms with Crippen LogP contribution in [0.3, 0.4) is 0 Å². The van der Waals surface area contributed by atoms with E-state index in [0.29, 0.717) is 39.4 Å². The van der Waals surface area contributed by atoms with Gasteiger partial charge in [-0.2, -0.15) is 0 Å². The number of likely N-dealkylation sites (tertiary alicyclic amines) is 1. The summed E-state index contributed by atoms with van der Waals surface area (Å²) in [6, 6.07) is 7.90. The van der Waals surface area contributed by atoms with E-state index in [-0.39, 0.29) is 30.2 Å². The largest absolute Gasteiger partial charge is 0.394 e. The van der Waals surface area contributed by atoms with Crippen molar-refractivity contribution in [2.75, 3.05) is 64.0 Å². The van der Waals surface area contributed by atoms with Crippen molar-refractivity contribution in [1.82, 2.24) is 14.7 Å². The molecular formula is C32H42N4O6. The van der Waals surface area contributed by atoms with Crippen LogP contribution < -0.4 is 4.90 Å². The molecule has 10 heteroatoms. The Morgan fingerprint density at radius 2 is 1.76 bits per heavy atom. The minimum absolute atomic E-state index is 0.0574. The molecule has 0 radical (unpaired) electrons. The second-order valence-electron chi connectivity index (χ2n) is 12.1. The van der Waals surface area contributed by atoms with Gasteiger partial charge in [0.15, 0.2) is 0 Å². The van der Waals surface area contributed by atoms with Crippen molar-refractivity contribution in [1.29, 1.82) is 0 Å². The maximum absolute atomic E-state index is 14.6. The molecule has 0 bridgehead atoms. The molecule has 6 rings (SSSR count). The lowest BCUT2D eigenvalue weighted by Crippen LogP contribution is -2.59. The van der Waals surface area contributed by atoms with E-state index in [1.807, 2.05) is 68.5 Å². The van der Waals surface area contributed by atoms with Gasteiger partial charge in [-0.1, -0.05) is 62.8 Å². The lowest BCUT2D eigenvalue weighted by atomic mass is 9.77. The molecule has 7 atom stereocenters. The van der Waals surface area contributed by atoms with Crippen LogP contribution in [-0.4, -0.2) is 120 Å². The minimum Gasteiger partial charge on any atom is -0.394 e. The van der Waals surface area contributed by atoms with Crippen molar-refractivity contribution in [3.8, 4) is 0 Å². The van der Waals surface area contributed by atoms with Crippen LogP contribution >= 0.6 is 0 Å². The monoisotopic (exact) mass is 578 g/mol. The van der Waals surface area contributed by atoms with Crippen molar-refractivity contribution in [3.05, 3.63) is 54.6 Å². The van der Waals surface area contributed by atoms with Gasteiger partial charge in [-0.3, -0.25) is 19.3 Å². The molecule has 1 aromatic carbocycles. The van der Waals surface area contributed by atoms with E-state index >= 15 is 0 Å². The number of amides is 3. The van der Waals surface area contributed by atoms with E-state index < -0.39 is 35.6 Å². The number of anilines is 1. The first-order valence-electron chi connectivity index (χ1n) is 15.3. The van der Waals surface area contributed by atoms with Gasteiger partial charge in [0.25, 0.3) is 0 Å². The van der Waals surface area contributed by atoms with Gasteiger partial charge in [0.05, 0.1) is 43.8 Å². The highest BCUT2D eigenvalue weighted by molar-refractivity contribution is 6.04. The summed E-state index contributed by atoms with van der Waals surface area (Å²) in [6.45, 7) is 8.68. The number of hydrogen-bond donors (Lipinski definition) is 1. The summed E-state index contributed by atoms with van der Waals surface area (Å²) in [5.74, 6) is -2.41. The third-order valence-corrected chi connectivity index (χ3v) is 9.88. The molecule has 5 heterocycles. The van der Waals surface area contributed by atoms with Crippen LogP contribution in [-0.2, 0) is 23.9 Å². The van der Waals surface area contributed by atoms with Crippen molar-refractivity contribution in [2.24, 2.45) is 17.8 Å². The van der Waals surface area contributed by atoms with Gasteiger partial charge in [0, 0.05) is 45.0 Å². The van der Waals surface area contributed by atoms with E-state index in [9.17, 15) is 19.5 Å². The summed E-state index contributed by atoms with van der Waals surface area (Å²) in [4.78, 5) is 50.8. The summed E-state index contributed by atoms with van der Waals surface area (Å²) in [5.41, 5.74) is -0.556. The molecule has 5 aliphatic heterocycles. The van der Waals surface area contributed by atoms with Crippen LogP contribution in [0.2, 0.25) is 0 Å². The topological polar surface area (TPSA) is 103 Å². The highest BCUT2D eigenvalue weighted by Gasteiger charge is 2.72. The molecule has 1 aromatic rings. The Hall–Kier alpha value is -3.05. The number of carbonyl (C=O) groups is 3. The summed E-state index contributed by atoms with van der Waals surface area (Å²) in [6.07, 6.45) is 7.67. The van der Waals surface area contributed by atoms with E-state index in [1.54, 1.807) is 14.7 Å². The zero-order valence-electron chi connectivity index (χ0n) is 24.5. The Labute approximate surface area is 247 Å². The fourth-order valence-corrected chi connectivity index (χ4v) is 7.42. The van der Waals surface area contributed by atoms with Gasteiger partial charge in [-0.25, -0.2) is 0 Å². The van der Waals surface area contributed by atoms with Crippen LogP contribution in [0, 0.1) is 17.8 Å². The first kappa shape index (κ1) is 29.0. The molecule has 10 nitrogen and oxygen atoms in total. The number of aliphatic hydroxyl groups is 1. The molecule has 1 unspecified atom stereocenters. The quantitative estimate of drug-likeness (QED) is 0.464. The van der Waals surface area contributed by atoms with Crippen LogP contribution in [0.5, 0.6) is 0 Å². The number of nitrogens with zero attached hydrogens (tertiary/aromatic N) is 4. The average molecular weight is 579 g/mol. The molecule has 3 saturated heterocycles. The molecular weight excluding hydrogens is 536 g/mol. The lowest BCUT2D eigenvalue weighted by Gasteiger charge is -2.40. The predicted octanol–water partition coefficient (Wildman–Crippen LogP) is 1.31. The van der Waals surface area contributed by atoms with Gasteiger partial charge in [0.2, 0.25) is 17.7 Å². The second kappa shape index (κ2) is 11.9. The van der Waals surface area contributed by atoms with E-state index in [2.05, 4.69) is 4.90 Å². The van der Waals surface area contributed by atoms with Crippen molar-refractivity contribution >= 4 is 23.4 Å². The number of carbonyl (C=O) groups excluding carboxylic acids is 3. The molecule has 5 aliphatic rings. The Morgan fingerprint density at radius 1 is 1.00 bits per heavy atom. The zero-order valence-corrected chi connectivity index (χ0v) is 24.5. The number of ether oxygens (including phenoxy) is 2. The normalized spacial score (nSPS) is 32.8. The fourth-order valence-electron chi connectivity index (χ4n) is 7.42. The van der Waals surface area contributed by atoms with Crippen molar-refractivity contribution < 1.29 is 29.0 Å². The number of rotatable bonds is 8. The molecule has 3 fully saturated rings. The number of aliphatic hydroxyl groups excluding tert-OH is 1. The molecule has 1 spiro atoms. The SMILES string of the molecule is CC[C@H](C)[C@H](CO)N1C(=O)[C@@H]2[C@H]3C(=O)N(c4ccccc4)CC=C[C@H]3O[C@@]23C=CCN(CCN2CCOCC2)C(=O)C13. The summed E-state index contributed by atoms with van der Waals surface area (Å²) < 4.78 is 12.3. The van der Waals surface area contributed by atoms with Gasteiger partial charge >= 0.3 is 0 Å². The maximum atomic E-state index is 14.6. The summed E-state index contributed by atoms with van der Waals surface area (Å²) >= 11 is 0. The Morgan fingerprint density at radius 3 is 2.48 bits per heavy atom. The highest BCUT2D eigenvalue weighted by Crippen LogP contribution is 2.54. The molecule has 42 heavy (non-hydrogen) atoms. The van der Waals surface area contributed by atoms with Crippen LogP contribution in [0.15, 0.2) is 54.6 Å². The predicted molar refractivity (Wildman–Crippen MR) is 156 cm³/mol. The third kappa shape index (κ3) is 4.78. The lowest BCUT2D eigenvalue weighted by molar-refractivity contribution is -0.151. The van der Waals surface area contributed by atoms with Crippen LogP contribution in [0.4, 0.5) is 5.69 Å². The van der Waals surface area contributed by atoms with Gasteiger partial charge < -0.3 is 29.3 Å². The fraction of sp³-hybridized carbons (Fsp3) is 0.594. The van der Waals surface area contributed by atoms with Gasteiger partial charge in [0.1, 0.15) is 11.6 Å². The number of fused-ring (bicyclic) bond motifs is 2. The second-order valence-corrected chi connectivity index (χ2v) is 12.1. The Balaban J connectivity index is 1.38. The van der Waals surface area contributed by atoms with E-state index in [1.165, 1.54) is 0 Å². The molecule has 226 valence electrons. The molecule has 3 amide bonds. The molecule has 0 aromatic heterocycles. The first-order chi connectivity index (χ1) is 20.4. The Kier molecular flexibility index (Phi) is 8.24. The smallest absolute Gasteiger partial charge is 0.249 e. The van der Waals surface area contributed by atoms with Crippen LogP contribution in [0.25, 0.3) is 0 Å². The maximum Gasteiger partial charge on any atom is 0.249 e. The van der Waals surface area contributed by atoms with Crippen molar-refractivity contribution in [2.45, 2.75) is 44.1 Å². The van der Waals surface area contributed by atoms with E-state index in [0.717, 1.165) is 25.2 Å². The highest BCUT2D eigenvalue weighted by atomic mass is 16.5. The molecule has 0 aliphatic carbocycles. The summed E-state index contributed by atoms with van der Waals surface area (Å²) in [7, 11) is 0. The number of hydrogen-bond acceptors (Lipinski definition) is 7. The standard InChI is InChI=1S/C32H42N4O6/c1-3-22(2)24(21-37)36-28-31(40)34(16-15-33-17-19-41-20-18-33)13-8-12-32(28)27(30(36)39)26-25(42-32)11-7-14-35(29(26)38)23-9-5-4-6-10-23/h4-12,22,24-28,37H,3,13-21H2,1-2H3/t22-,24-,25+,26-,27-,28?,32-/m0/s1. The third-order valence-electron chi connectivity index (χ3n) is 9.88. The Bertz CT molecular complexity index is 1230. The van der Waals surface area contributed by atoms with Gasteiger partial charge in [-0.15, -0.1) is 0 Å². The van der Waals surface area contributed by atoms with Crippen molar-refractivity contribution in [3.63, 3.8) is 0 Å². The minimum atomic E-state index is -1.31. The summed E-state index contributed by atoms with van der Waals surface area (Å²) in [5, 5.41) is 10.6. The average Bonchev–Trinajstić information content (AvgIpc) is 3.33.